The number of hydrogen-bond acceptors (Lipinski definition) is 23. The number of carboxylic acids is 1. The Labute approximate surface area is 872 Å². The van der Waals surface area contributed by atoms with Gasteiger partial charge in [-0.15, -0.1) is 29.7 Å². The number of aliphatic hydroxyl groups is 2. The molecule has 8 heterocycles. The zero-order chi connectivity index (χ0) is 105. The van der Waals surface area contributed by atoms with E-state index in [0.717, 1.165) is 219 Å². The molecule has 147 heavy (non-hydrogen) atoms. The fraction of sp³-hybridized carbons (Fsp3) is 0.283. The van der Waals surface area contributed by atoms with Crippen LogP contribution in [0.25, 0.3) is 91.6 Å². The van der Waals surface area contributed by atoms with Crippen LogP contribution in [-0.2, 0) is 70.5 Å². The fourth-order valence-corrected chi connectivity index (χ4v) is 16.2. The Morgan fingerprint density at radius 3 is 0.864 bits per heavy atom. The molecule has 0 unspecified atom stereocenters. The Hall–Kier alpha value is -15.2. The van der Waals surface area contributed by atoms with E-state index in [9.17, 15) is 13.2 Å². The van der Waals surface area contributed by atoms with Crippen molar-refractivity contribution in [1.82, 2.24) is 39.9 Å². The number of aryl methyl sites for hydroxylation is 16. The van der Waals surface area contributed by atoms with Crippen LogP contribution in [0.2, 0.25) is 19.6 Å². The molecule has 17 aromatic rings. The molecule has 24 nitrogen and oxygen atoms in total. The molecular weight excluding hydrogens is 1950 g/mol. The second kappa shape index (κ2) is 60.6. The number of benzene rings is 9. The van der Waals surface area contributed by atoms with Crippen LogP contribution in [0.15, 0.2) is 307 Å². The van der Waals surface area contributed by atoms with Crippen LogP contribution in [0.5, 0.6) is 0 Å². The van der Waals surface area contributed by atoms with Crippen molar-refractivity contribution in [3.63, 3.8) is 0 Å². The molecule has 27 heteroatoms. The Morgan fingerprint density at radius 2 is 0.605 bits per heavy atom. The minimum atomic E-state index is -3.76. The van der Waals surface area contributed by atoms with Gasteiger partial charge in [-0.25, -0.2) is 39.9 Å². The number of aliphatic carboxylic acids is 1. The molecule has 0 atom stereocenters. The standard InChI is InChI=1S/C19H19NO4S.C18H23NOSi.C16H17NO2.C15H15NO.C13H14BrNO.C13H12N2O.C13H13NO3.C13H15NO2/c1-14-8-10-17(11-9-14)25(21,22)23-13-12-18-15(2)24-19(20-18)16-6-4-3-5-7-16;1-15-17(13-9-6-10-14-21(2,3)4)19-18(20-15)16-11-7-5-8-12-16;1-13-15(11-7-2-3-8-12-18)17-16(19-13)14-9-5-4-6-10-14;1-3-4-6-11-14-12(2)17-15(16-14)13-9-7-5-8-10-13;2*1-10-12(8-5-9-14)15-13(16-10)11-6-3-2-4-7-11;1-9-11(7-8-12(15)16)14-13(17-9)10-5-3-2-4-6-10;1-10-12(8-5-9-15)14-13(16-10)11-6-3-2-4-7-11/h3-11H,12-13H2,1-2H3;5,7-8,11-12H,6,9,13H2,1-4H3;4-6,9-10,18H,2,7,11-12H2,1H3;1,5,7-10H,4,6,11H2,2H3;2-4,6-7H,5,8-9H2,1H3;2-4,6-7H,5,8H2,1H3;2-6H,7-8H2,1H3,(H,15,16);2-4,6-7,15H,5,8-9H2,1H3. The molecule has 3 N–H and O–H groups in total. The lowest BCUT2D eigenvalue weighted by Crippen LogP contribution is -2.16. The third kappa shape index (κ3) is 38.4. The highest BCUT2D eigenvalue weighted by atomic mass is 79.9. The van der Waals surface area contributed by atoms with Crippen molar-refractivity contribution in [2.75, 3.05) is 25.2 Å². The maximum absolute atomic E-state index is 12.2. The number of halogens is 1. The zero-order valence-corrected chi connectivity index (χ0v) is 89.0. The summed E-state index contributed by atoms with van der Waals surface area (Å²) in [7, 11) is -5.00. The Morgan fingerprint density at radius 1 is 0.347 bits per heavy atom. The third-order valence-corrected chi connectivity index (χ3v) is 25.0. The maximum atomic E-state index is 12.2. The van der Waals surface area contributed by atoms with Gasteiger partial charge in [0.1, 0.15) is 60.8 Å². The zero-order valence-electron chi connectivity index (χ0n) is 85.6. The first-order valence-corrected chi connectivity index (χ1v) is 55.0. The Bertz CT molecular complexity index is 7080. The van der Waals surface area contributed by atoms with E-state index >= 15 is 0 Å². The average Bonchev–Trinajstić information content (AvgIpc) is 1.72. The molecule has 0 saturated heterocycles. The molecule has 0 amide bonds. The number of aromatic nitrogens is 8. The first kappa shape index (κ1) is 114. The number of aliphatic hydroxyl groups excluding tert-OH is 2. The van der Waals surface area contributed by atoms with Crippen LogP contribution in [-0.4, -0.2) is 103 Å². The number of carboxylic acid groups (broad SMARTS) is 1. The van der Waals surface area contributed by atoms with Gasteiger partial charge < -0.3 is 50.7 Å². The summed E-state index contributed by atoms with van der Waals surface area (Å²) >= 11 is 3.42. The third-order valence-electron chi connectivity index (χ3n) is 22.2. The molecule has 0 radical (unpaired) electrons. The van der Waals surface area contributed by atoms with Crippen LogP contribution >= 0.6 is 15.9 Å². The summed E-state index contributed by atoms with van der Waals surface area (Å²) < 4.78 is 74.7. The van der Waals surface area contributed by atoms with E-state index in [1.165, 1.54) is 0 Å². The van der Waals surface area contributed by atoms with Gasteiger partial charge in [-0.05, 0) is 236 Å². The number of unbranched alkanes of at least 4 members (excludes halogenated alkanes) is 3. The molecule has 8 aromatic heterocycles. The molecule has 0 saturated carbocycles. The van der Waals surface area contributed by atoms with Gasteiger partial charge in [0.15, 0.2) is 0 Å². The van der Waals surface area contributed by atoms with Gasteiger partial charge in [0.05, 0.1) is 69.5 Å². The molecule has 0 spiro atoms. The van der Waals surface area contributed by atoms with Gasteiger partial charge >= 0.3 is 5.97 Å². The van der Waals surface area contributed by atoms with E-state index in [-0.39, 0.29) is 31.1 Å². The van der Waals surface area contributed by atoms with E-state index in [0.29, 0.717) is 83.9 Å². The van der Waals surface area contributed by atoms with E-state index in [4.69, 9.17) is 66.5 Å². The van der Waals surface area contributed by atoms with E-state index in [2.05, 4.69) is 111 Å². The van der Waals surface area contributed by atoms with Crippen LogP contribution in [0.1, 0.15) is 161 Å². The number of rotatable bonds is 33. The minimum absolute atomic E-state index is 0.0117. The van der Waals surface area contributed by atoms with Crippen molar-refractivity contribution < 1.29 is 68.1 Å². The summed E-state index contributed by atoms with van der Waals surface area (Å²) in [6, 6.07) is 87.3. The number of alkyl halides is 1. The lowest BCUT2D eigenvalue weighted by Gasteiger charge is -2.05. The van der Waals surface area contributed by atoms with E-state index in [1.54, 1.807) is 31.2 Å². The number of oxazole rings is 8. The normalized spacial score (nSPS) is 10.6. The first-order valence-electron chi connectivity index (χ1n) is 49.0. The van der Waals surface area contributed by atoms with Gasteiger partial charge in [-0.3, -0.25) is 8.98 Å². The minimum Gasteiger partial charge on any atom is -0.481 e. The van der Waals surface area contributed by atoms with E-state index < -0.39 is 24.2 Å². The van der Waals surface area contributed by atoms with Gasteiger partial charge in [0.25, 0.3) is 10.1 Å². The monoisotopic (exact) mass is 2070 g/mol. The highest BCUT2D eigenvalue weighted by molar-refractivity contribution is 9.09. The Balaban J connectivity index is 0.000000173. The summed E-state index contributed by atoms with van der Waals surface area (Å²) in [6.45, 7) is 24.1. The van der Waals surface area contributed by atoms with Crippen LogP contribution in [0.4, 0.5) is 0 Å². The molecule has 0 aliphatic carbocycles. The van der Waals surface area contributed by atoms with Crippen molar-refractivity contribution in [3.8, 4) is 133 Å². The number of carbonyl (C=O) groups is 1. The summed E-state index contributed by atoms with van der Waals surface area (Å²) in [5.41, 5.74) is 19.6. The second-order valence-electron chi connectivity index (χ2n) is 34.9. The quantitative estimate of drug-likeness (QED) is 0.0113. The second-order valence-corrected chi connectivity index (χ2v) is 42.1. The van der Waals surface area contributed by atoms with Crippen LogP contribution < -0.4 is 0 Å². The average molecular weight is 2080 g/mol. The molecule has 0 fully saturated rings. The van der Waals surface area contributed by atoms with Crippen molar-refractivity contribution in [2.24, 2.45) is 0 Å². The largest absolute Gasteiger partial charge is 0.481 e. The smallest absolute Gasteiger partial charge is 0.303 e. The van der Waals surface area contributed by atoms with Gasteiger partial charge in [-0.1, -0.05) is 205 Å². The fourth-order valence-electron chi connectivity index (χ4n) is 14.3. The van der Waals surface area contributed by atoms with E-state index in [1.807, 2.05) is 298 Å². The van der Waals surface area contributed by atoms with Crippen molar-refractivity contribution in [3.05, 3.63) is 364 Å². The summed E-state index contributed by atoms with van der Waals surface area (Å²) in [6.07, 6.45) is 18.8. The van der Waals surface area contributed by atoms with Crippen molar-refractivity contribution in [2.45, 2.75) is 202 Å². The number of nitrogens with zero attached hydrogens (tertiary/aromatic N) is 9. The topological polar surface area (TPSA) is 353 Å². The molecule has 17 rings (SSSR count). The lowest BCUT2D eigenvalue weighted by atomic mass is 10.2. The molecule has 760 valence electrons. The van der Waals surface area contributed by atoms with Crippen molar-refractivity contribution >= 4 is 40.1 Å². The molecule has 0 bridgehead atoms. The molecule has 0 aliphatic heterocycles. The molecule has 0 aliphatic rings. The van der Waals surface area contributed by atoms with Gasteiger partial charge in [0.2, 0.25) is 47.1 Å². The predicted octanol–water partition coefficient (Wildman–Crippen LogP) is 27.7. The van der Waals surface area contributed by atoms with Gasteiger partial charge in [0, 0.05) is 101 Å². The first-order chi connectivity index (χ1) is 71.1. The van der Waals surface area contributed by atoms with Crippen molar-refractivity contribution in [1.29, 1.82) is 5.26 Å². The maximum Gasteiger partial charge on any atom is 0.303 e. The highest BCUT2D eigenvalue weighted by Crippen LogP contribution is 2.31. The molecular formula is C120H128BrN9O15SSi. The lowest BCUT2D eigenvalue weighted by molar-refractivity contribution is -0.137. The SMILES string of the molecule is C#CCCCc1nc(-c2ccccc2)oc1C.Cc1ccc(S(=O)(=O)OCCc2nc(-c3ccccc3)oc2C)cc1.Cc1oc(-c2ccccc2)nc1CCC#N.Cc1oc(-c2ccccc2)nc1CCC(=O)O.Cc1oc(-c2ccccc2)nc1CCCBr.Cc1oc(-c2ccccc2)nc1CCCC#CCO.Cc1oc(-c2ccccc2)nc1CCCC#C[Si](C)(C)C.Cc1oc(-c2ccccc2)nc1CCCO. The number of nitriles is 1. The summed E-state index contributed by atoms with van der Waals surface area (Å²) in [5.74, 6) is 22.4. The van der Waals surface area contributed by atoms with Crippen LogP contribution in [0, 0.1) is 109 Å². The number of terminal acetylenes is 1. The van der Waals surface area contributed by atoms with Crippen LogP contribution in [0.3, 0.4) is 0 Å². The highest BCUT2D eigenvalue weighted by Gasteiger charge is 2.22. The predicted molar refractivity (Wildman–Crippen MR) is 582 cm³/mol. The Kier molecular flexibility index (Phi) is 46.9. The molecule has 9 aromatic carbocycles. The summed E-state index contributed by atoms with van der Waals surface area (Å²) in [5, 5.41) is 35.5. The summed E-state index contributed by atoms with van der Waals surface area (Å²) in [4.78, 5) is 46.5. The van der Waals surface area contributed by atoms with Gasteiger partial charge in [-0.2, -0.15) is 13.7 Å². The number of hydrogen-bond donors (Lipinski definition) is 3.